The van der Waals surface area contributed by atoms with E-state index in [0.717, 1.165) is 31.5 Å². The van der Waals surface area contributed by atoms with Gasteiger partial charge in [-0.25, -0.2) is 4.79 Å². The number of rotatable bonds is 5. The molecule has 1 aromatic heterocycles. The average molecular weight is 550 g/mol. The van der Waals surface area contributed by atoms with Crippen molar-refractivity contribution in [3.05, 3.63) is 29.1 Å². The second-order valence-corrected chi connectivity index (χ2v) is 11.2. The number of halogens is 3. The van der Waals surface area contributed by atoms with Crippen LogP contribution in [-0.4, -0.2) is 79.5 Å². The predicted molar refractivity (Wildman–Crippen MR) is 133 cm³/mol. The number of fused-ring (bicyclic) bond motifs is 2. The molecular weight excluding hydrogens is 515 g/mol. The lowest BCUT2D eigenvalue weighted by atomic mass is 9.78. The van der Waals surface area contributed by atoms with Gasteiger partial charge in [-0.15, -0.1) is 6.42 Å². The van der Waals surface area contributed by atoms with Crippen LogP contribution in [0.3, 0.4) is 0 Å². The normalized spacial score (nSPS) is 30.4. The van der Waals surface area contributed by atoms with E-state index in [9.17, 15) is 22.8 Å². The Morgan fingerprint density at radius 1 is 1.33 bits per heavy atom. The lowest BCUT2D eigenvalue weighted by Crippen LogP contribution is -2.49. The lowest BCUT2D eigenvalue weighted by molar-refractivity contribution is -0.144. The number of alkyl halides is 3. The molecule has 0 bridgehead atoms. The number of hydrogen-bond acceptors (Lipinski definition) is 6. The third-order valence-electron chi connectivity index (χ3n) is 8.96. The molecule has 11 heteroatoms. The summed E-state index contributed by atoms with van der Waals surface area (Å²) in [5.74, 6) is 2.69. The van der Waals surface area contributed by atoms with E-state index in [1.165, 1.54) is 0 Å². The first kappa shape index (κ1) is 27.7. The molecule has 212 valence electrons. The third kappa shape index (κ3) is 5.46. The molecule has 0 N–H and O–H groups in total. The smallest absolute Gasteiger partial charge is 0.417 e. The second kappa shape index (κ2) is 11.0. The summed E-state index contributed by atoms with van der Waals surface area (Å²) in [4.78, 5) is 34.2. The van der Waals surface area contributed by atoms with E-state index < -0.39 is 23.2 Å². The molecule has 3 fully saturated rings. The first-order valence-corrected chi connectivity index (χ1v) is 13.4. The molecule has 0 radical (unpaired) electrons. The maximum absolute atomic E-state index is 14.3. The molecule has 1 aromatic rings. The largest absolute Gasteiger partial charge is 0.436 e. The van der Waals surface area contributed by atoms with Crippen LogP contribution in [0.25, 0.3) is 0 Å². The number of methoxy groups -OCH3 is 1. The Balaban J connectivity index is 1.37. The predicted octanol–water partition coefficient (Wildman–Crippen LogP) is 3.52. The molecule has 39 heavy (non-hydrogen) atoms. The average Bonchev–Trinajstić information content (AvgIpc) is 3.45. The van der Waals surface area contributed by atoms with Crippen molar-refractivity contribution < 1.29 is 37.0 Å². The second-order valence-electron chi connectivity index (χ2n) is 11.2. The van der Waals surface area contributed by atoms with Gasteiger partial charge in [-0.1, -0.05) is 5.92 Å². The van der Waals surface area contributed by atoms with E-state index in [2.05, 4.69) is 10.9 Å². The zero-order valence-corrected chi connectivity index (χ0v) is 22.0. The molecular formula is C28H34F3N3O5. The topological polar surface area (TPSA) is 81.2 Å². The Hall–Kier alpha value is -2.84. The monoisotopic (exact) mass is 549 g/mol. The number of hydrogen-bond donors (Lipinski definition) is 0. The summed E-state index contributed by atoms with van der Waals surface area (Å²) in [6.45, 7) is 2.12. The summed E-state index contributed by atoms with van der Waals surface area (Å²) in [6, 6.07) is 1.10. The van der Waals surface area contributed by atoms with Gasteiger partial charge in [0.2, 0.25) is 5.91 Å². The molecule has 0 aromatic carbocycles. The quantitative estimate of drug-likeness (QED) is 0.523. The number of nitrogens with zero attached hydrogens (tertiary/aromatic N) is 3. The minimum Gasteiger partial charge on any atom is -0.436 e. The molecule has 1 aliphatic carbocycles. The highest BCUT2D eigenvalue weighted by atomic mass is 19.4. The Bertz CT molecular complexity index is 1140. The summed E-state index contributed by atoms with van der Waals surface area (Å²) in [6.07, 6.45) is 4.62. The number of carbonyl (C=O) groups is 2. The Labute approximate surface area is 226 Å². The van der Waals surface area contributed by atoms with Crippen LogP contribution in [0, 0.1) is 35.5 Å². The fourth-order valence-electron chi connectivity index (χ4n) is 7.13. The minimum atomic E-state index is -4.51. The molecule has 4 heterocycles. The number of terminal acetylenes is 1. The van der Waals surface area contributed by atoms with Crippen molar-refractivity contribution in [3.8, 4) is 12.3 Å². The van der Waals surface area contributed by atoms with Crippen molar-refractivity contribution in [2.24, 2.45) is 23.2 Å². The van der Waals surface area contributed by atoms with Gasteiger partial charge in [0.05, 0.1) is 23.7 Å². The van der Waals surface area contributed by atoms with Crippen LogP contribution in [-0.2, 0) is 38.1 Å². The van der Waals surface area contributed by atoms with Gasteiger partial charge in [0.15, 0.2) is 6.61 Å². The molecule has 5 atom stereocenters. The Morgan fingerprint density at radius 3 is 2.90 bits per heavy atom. The lowest BCUT2D eigenvalue weighted by Gasteiger charge is -2.37. The van der Waals surface area contributed by atoms with Crippen LogP contribution in [0.4, 0.5) is 18.0 Å². The van der Waals surface area contributed by atoms with Crippen molar-refractivity contribution >= 4 is 12.0 Å². The molecule has 1 saturated carbocycles. The Morgan fingerprint density at radius 2 is 2.15 bits per heavy atom. The van der Waals surface area contributed by atoms with E-state index in [-0.39, 0.29) is 43.5 Å². The van der Waals surface area contributed by atoms with Crippen molar-refractivity contribution in [1.82, 2.24) is 14.8 Å². The van der Waals surface area contributed by atoms with Crippen LogP contribution in [0.2, 0.25) is 0 Å². The molecule has 5 rings (SSSR count). The summed E-state index contributed by atoms with van der Waals surface area (Å²) in [5, 5.41) is 0. The maximum atomic E-state index is 14.3. The van der Waals surface area contributed by atoms with Gasteiger partial charge >= 0.3 is 12.3 Å². The molecule has 2 unspecified atom stereocenters. The number of pyridine rings is 1. The van der Waals surface area contributed by atoms with Crippen molar-refractivity contribution in [2.45, 2.75) is 50.9 Å². The molecule has 8 nitrogen and oxygen atoms in total. The zero-order valence-electron chi connectivity index (χ0n) is 22.0. The van der Waals surface area contributed by atoms with Crippen LogP contribution >= 0.6 is 0 Å². The molecule has 2 amide bonds. The van der Waals surface area contributed by atoms with E-state index in [1.54, 1.807) is 16.9 Å². The van der Waals surface area contributed by atoms with Gasteiger partial charge < -0.3 is 24.0 Å². The highest BCUT2D eigenvalue weighted by Crippen LogP contribution is 2.54. The number of amides is 2. The van der Waals surface area contributed by atoms with Crippen molar-refractivity contribution in [1.29, 1.82) is 0 Å². The number of carbonyl (C=O) groups excluding carboxylic acids is 2. The van der Waals surface area contributed by atoms with Crippen LogP contribution in [0.1, 0.15) is 42.5 Å². The van der Waals surface area contributed by atoms with E-state index >= 15 is 0 Å². The first-order chi connectivity index (χ1) is 18.6. The SMILES string of the molecule is C#CCOC(=O)N1C[C@@H]2C[C@@H](CC3CCOCC3OC)C[C@]2(C(=O)N2CCc3ncc(C(F)(F)F)cc3C2)C1. The van der Waals surface area contributed by atoms with Gasteiger partial charge in [0, 0.05) is 58.2 Å². The van der Waals surface area contributed by atoms with Gasteiger partial charge in [-0.3, -0.25) is 9.78 Å². The molecule has 4 aliphatic rings. The van der Waals surface area contributed by atoms with Gasteiger partial charge in [-0.05, 0) is 55.1 Å². The van der Waals surface area contributed by atoms with Gasteiger partial charge in [-0.2, -0.15) is 13.2 Å². The Kier molecular flexibility index (Phi) is 7.80. The third-order valence-corrected chi connectivity index (χ3v) is 8.96. The summed E-state index contributed by atoms with van der Waals surface area (Å²) in [7, 11) is 1.69. The summed E-state index contributed by atoms with van der Waals surface area (Å²) < 4.78 is 56.4. The van der Waals surface area contributed by atoms with E-state index in [4.69, 9.17) is 20.6 Å². The van der Waals surface area contributed by atoms with E-state index in [0.29, 0.717) is 56.3 Å². The highest BCUT2D eigenvalue weighted by Gasteiger charge is 2.60. The summed E-state index contributed by atoms with van der Waals surface area (Å²) in [5.41, 5.74) is -0.637. The highest BCUT2D eigenvalue weighted by molar-refractivity contribution is 5.85. The molecule has 2 saturated heterocycles. The zero-order chi connectivity index (χ0) is 27.8. The maximum Gasteiger partial charge on any atom is 0.417 e. The van der Waals surface area contributed by atoms with E-state index in [1.807, 2.05) is 0 Å². The number of likely N-dealkylation sites (tertiary alicyclic amines) is 1. The fourth-order valence-corrected chi connectivity index (χ4v) is 7.13. The summed E-state index contributed by atoms with van der Waals surface area (Å²) >= 11 is 0. The molecule has 3 aliphatic heterocycles. The van der Waals surface area contributed by atoms with Crippen LogP contribution < -0.4 is 0 Å². The minimum absolute atomic E-state index is 0.00926. The van der Waals surface area contributed by atoms with Crippen LogP contribution in [0.5, 0.6) is 0 Å². The van der Waals surface area contributed by atoms with Crippen molar-refractivity contribution in [3.63, 3.8) is 0 Å². The van der Waals surface area contributed by atoms with Crippen LogP contribution in [0.15, 0.2) is 12.3 Å². The van der Waals surface area contributed by atoms with Gasteiger partial charge in [0.1, 0.15) is 0 Å². The standard InChI is InChI=1S/C28H34F3N3O5/c1-3-7-39-26(36)34-15-22-10-18(9-19-5-8-38-16-24(19)37-2)12-27(22,17-34)25(35)33-6-4-23-20(14-33)11-21(13-32-23)28(29,30)31/h1,11,13,18-19,22,24H,4-10,12,14-17H2,2H3/t18-,19?,22+,24?,27+/m1/s1. The number of ether oxygens (including phenoxy) is 3. The van der Waals surface area contributed by atoms with Crippen molar-refractivity contribution in [2.75, 3.05) is 46.6 Å². The number of aromatic nitrogens is 1. The first-order valence-electron chi connectivity index (χ1n) is 13.4. The molecule has 0 spiro atoms. The van der Waals surface area contributed by atoms with Gasteiger partial charge in [0.25, 0.3) is 0 Å². The fraction of sp³-hybridized carbons (Fsp3) is 0.679.